The van der Waals surface area contributed by atoms with Crippen molar-refractivity contribution < 1.29 is 32.3 Å². The second kappa shape index (κ2) is 18.6. The van der Waals surface area contributed by atoms with E-state index in [-0.39, 0.29) is 55.9 Å². The number of nitrogens with one attached hydrogen (secondary N) is 5. The topological polar surface area (TPSA) is 156 Å². The lowest BCUT2D eigenvalue weighted by atomic mass is 9.99. The van der Waals surface area contributed by atoms with E-state index < -0.39 is 59.8 Å². The predicted molar refractivity (Wildman–Crippen MR) is 225 cm³/mol. The lowest BCUT2D eigenvalue weighted by molar-refractivity contribution is -0.137. The Morgan fingerprint density at radius 1 is 0.932 bits per heavy atom. The van der Waals surface area contributed by atoms with Crippen LogP contribution in [0.5, 0.6) is 0 Å². The lowest BCUT2D eigenvalue weighted by Crippen LogP contribution is -2.53. The van der Waals surface area contributed by atoms with Gasteiger partial charge in [0.15, 0.2) is 5.82 Å². The summed E-state index contributed by atoms with van der Waals surface area (Å²) in [4.78, 5) is 65.5. The summed E-state index contributed by atoms with van der Waals surface area (Å²) in [5.41, 5.74) is 2.61. The maximum Gasteiger partial charge on any atom is 0.245 e. The Kier molecular flexibility index (Phi) is 13.8. The first-order chi connectivity index (χ1) is 28.2. The Morgan fingerprint density at radius 2 is 1.58 bits per heavy atom. The maximum atomic E-state index is 15.4. The van der Waals surface area contributed by atoms with E-state index in [2.05, 4.69) is 42.1 Å². The molecule has 5 N–H and O–H groups in total. The molecule has 0 saturated carbocycles. The fraction of sp³-hybridized carbons (Fsp3) is 0.500. The van der Waals surface area contributed by atoms with Crippen LogP contribution >= 0.6 is 9.24 Å². The molecule has 59 heavy (non-hydrogen) atoms. The van der Waals surface area contributed by atoms with Crippen molar-refractivity contribution in [1.29, 1.82) is 0 Å². The van der Waals surface area contributed by atoms with Gasteiger partial charge in [-0.05, 0) is 88.3 Å². The molecule has 2 aliphatic rings. The Balaban J connectivity index is 1.39. The summed E-state index contributed by atoms with van der Waals surface area (Å²) in [7, 11) is 6.08. The van der Waals surface area contributed by atoms with E-state index >= 15 is 4.39 Å². The van der Waals surface area contributed by atoms with E-state index in [1.807, 2.05) is 11.5 Å². The Labute approximate surface area is 344 Å². The first-order valence-electron chi connectivity index (χ1n) is 20.3. The molecule has 2 saturated heterocycles. The molecule has 4 heterocycles. The molecule has 0 spiro atoms. The Hall–Kier alpha value is -4.79. The van der Waals surface area contributed by atoms with E-state index in [1.165, 1.54) is 35.2 Å². The summed E-state index contributed by atoms with van der Waals surface area (Å²) >= 11 is 0. The highest BCUT2D eigenvalue weighted by Gasteiger charge is 2.41. The molecule has 0 radical (unpaired) electrons. The van der Waals surface area contributed by atoms with Crippen molar-refractivity contribution in [1.82, 2.24) is 45.6 Å². The van der Waals surface area contributed by atoms with Crippen LogP contribution in [-0.2, 0) is 32.1 Å². The van der Waals surface area contributed by atoms with Crippen molar-refractivity contribution in [3.8, 4) is 11.5 Å². The molecule has 9 atom stereocenters. The number of aromatic amines is 1. The van der Waals surface area contributed by atoms with Crippen molar-refractivity contribution >= 4 is 54.8 Å². The predicted octanol–water partition coefficient (Wildman–Crippen LogP) is 3.96. The van der Waals surface area contributed by atoms with Crippen molar-refractivity contribution in [2.24, 2.45) is 0 Å². The average Bonchev–Trinajstić information content (AvgIpc) is 3.97. The lowest BCUT2D eigenvalue weighted by Gasteiger charge is -2.30. The number of benzene rings is 2. The zero-order chi connectivity index (χ0) is 42.7. The molecule has 2 aromatic heterocycles. The number of aromatic nitrogens is 3. The largest absolute Gasteiger partial charge is 0.352 e. The number of carbonyl (C=O) groups excluding carboxylic acids is 4. The molecule has 17 heteroatoms. The number of rotatable bonds is 16. The van der Waals surface area contributed by atoms with Gasteiger partial charge in [0.25, 0.3) is 0 Å². The average molecular weight is 838 g/mol. The maximum absolute atomic E-state index is 15.4. The number of alkyl halides is 1. The summed E-state index contributed by atoms with van der Waals surface area (Å²) in [6, 6.07) is 4.77. The SMILES string of the molecule is C=C[C@H](NC)C(=O)N[C@@H](CC)C(=O)N1C[C@@H](F)C[C@H]1Cc1c(-c2nc3cc(F)ccc3n2C[C@@H]2C[C@H](P)CN2C(=O)[C@H](CC)NC(=O)[C@H](C)NC)[nH]c2cc(F)ccc12. The van der Waals surface area contributed by atoms with Gasteiger partial charge in [-0.1, -0.05) is 19.9 Å². The quantitative estimate of drug-likeness (QED) is 0.0846. The molecule has 0 bridgehead atoms. The molecular weight excluding hydrogens is 782 g/mol. The van der Waals surface area contributed by atoms with E-state index in [1.54, 1.807) is 45.0 Å². The van der Waals surface area contributed by atoms with Crippen LogP contribution in [0.1, 0.15) is 52.0 Å². The molecule has 2 aliphatic heterocycles. The zero-order valence-electron chi connectivity index (χ0n) is 34.2. The minimum absolute atomic E-state index is 0.0355. The molecule has 4 aromatic rings. The van der Waals surface area contributed by atoms with E-state index in [9.17, 15) is 28.0 Å². The van der Waals surface area contributed by atoms with Gasteiger partial charge in [0.05, 0.1) is 35.4 Å². The van der Waals surface area contributed by atoms with Crippen LogP contribution in [-0.4, -0.2) is 123 Å². The minimum atomic E-state index is -1.32. The second-order valence-corrected chi connectivity index (χ2v) is 16.6. The number of nitrogens with zero attached hydrogens (tertiary/aromatic N) is 4. The number of H-pyrrole nitrogens is 1. The third-order valence-corrected chi connectivity index (χ3v) is 12.2. The van der Waals surface area contributed by atoms with Gasteiger partial charge in [-0.15, -0.1) is 15.8 Å². The van der Waals surface area contributed by atoms with Gasteiger partial charge in [-0.3, -0.25) is 19.2 Å². The first-order valence-corrected chi connectivity index (χ1v) is 20.9. The molecule has 6 rings (SSSR count). The Morgan fingerprint density at radius 3 is 2.22 bits per heavy atom. The normalized spacial score (nSPS) is 21.4. The van der Waals surface area contributed by atoms with Gasteiger partial charge >= 0.3 is 0 Å². The number of amides is 4. The highest BCUT2D eigenvalue weighted by atomic mass is 31.0. The summed E-state index contributed by atoms with van der Waals surface area (Å²) < 4.78 is 46.9. The van der Waals surface area contributed by atoms with Crippen LogP contribution in [0.4, 0.5) is 13.2 Å². The Bertz CT molecular complexity index is 2210. The molecular formula is C42H55F3N9O4P. The third kappa shape index (κ3) is 9.19. The highest BCUT2D eigenvalue weighted by Crippen LogP contribution is 2.37. The smallest absolute Gasteiger partial charge is 0.245 e. The van der Waals surface area contributed by atoms with Crippen molar-refractivity contribution in [3.63, 3.8) is 0 Å². The van der Waals surface area contributed by atoms with Gasteiger partial charge in [0.2, 0.25) is 23.6 Å². The molecule has 4 amide bonds. The number of imidazole rings is 1. The van der Waals surface area contributed by atoms with Crippen LogP contribution in [0, 0.1) is 11.6 Å². The number of halogens is 3. The van der Waals surface area contributed by atoms with E-state index in [0.717, 1.165) is 0 Å². The molecule has 2 fully saturated rings. The number of fused-ring (bicyclic) bond motifs is 2. The number of likely N-dealkylation sites (tertiary alicyclic amines) is 2. The van der Waals surface area contributed by atoms with Crippen LogP contribution in [0.15, 0.2) is 49.1 Å². The zero-order valence-corrected chi connectivity index (χ0v) is 35.3. The molecule has 0 aliphatic carbocycles. The third-order valence-electron chi connectivity index (χ3n) is 11.7. The number of likely N-dealkylation sites (N-methyl/N-ethyl adjacent to an activating group) is 2. The van der Waals surface area contributed by atoms with Crippen LogP contribution in [0.3, 0.4) is 0 Å². The summed E-state index contributed by atoms with van der Waals surface area (Å²) in [5, 5.41) is 12.1. The molecule has 1 unspecified atom stereocenters. The van der Waals surface area contributed by atoms with Gasteiger partial charge in [0, 0.05) is 42.5 Å². The fourth-order valence-electron chi connectivity index (χ4n) is 8.40. The van der Waals surface area contributed by atoms with Crippen molar-refractivity contribution in [2.75, 3.05) is 27.2 Å². The standard InChI is InChI=1S/C42H55F3N9O4P/c1-7-31(47-6)40(56)51-33(9-3)41(57)52-19-25(45)14-26(52)18-30-29-12-10-23(43)15-34(29)48-37(30)38-49-35-16-24(44)11-13-36(35)54(38)20-27-17-28(59)21-53(27)42(58)32(8-2)50-39(55)22(4)46-5/h7,10-13,15-16,22,25-28,31-33,46-48H,1,8-9,14,17-21,59H2,2-6H3,(H,50,55)(H,51,56)/t22-,25-,26-,27-,28-,31-,32-,33-/m0/s1. The van der Waals surface area contributed by atoms with Crippen molar-refractivity contribution in [2.45, 2.75) is 108 Å². The second-order valence-electron chi connectivity index (χ2n) is 15.6. The number of hydrogen-bond donors (Lipinski definition) is 5. The summed E-state index contributed by atoms with van der Waals surface area (Å²) in [6.45, 7) is 9.54. The van der Waals surface area contributed by atoms with Crippen LogP contribution < -0.4 is 21.3 Å². The summed E-state index contributed by atoms with van der Waals surface area (Å²) in [5.74, 6) is -1.92. The monoisotopic (exact) mass is 837 g/mol. The summed E-state index contributed by atoms with van der Waals surface area (Å²) in [6.07, 6.45) is 1.58. The fourth-order valence-corrected chi connectivity index (χ4v) is 8.94. The molecule has 318 valence electrons. The first kappa shape index (κ1) is 43.8. The van der Waals surface area contributed by atoms with Gasteiger partial charge in [0.1, 0.15) is 35.9 Å². The number of hydrogen-bond acceptors (Lipinski definition) is 7. The van der Waals surface area contributed by atoms with Gasteiger partial charge < -0.3 is 40.6 Å². The van der Waals surface area contributed by atoms with Gasteiger partial charge in [-0.2, -0.15) is 0 Å². The molecule has 13 nitrogen and oxygen atoms in total. The molecule has 2 aromatic carbocycles. The van der Waals surface area contributed by atoms with E-state index in [4.69, 9.17) is 4.98 Å². The highest BCUT2D eigenvalue weighted by molar-refractivity contribution is 7.17. The van der Waals surface area contributed by atoms with Crippen molar-refractivity contribution in [3.05, 3.63) is 66.3 Å². The van der Waals surface area contributed by atoms with Crippen LogP contribution in [0.25, 0.3) is 33.5 Å². The van der Waals surface area contributed by atoms with Crippen LogP contribution in [0.2, 0.25) is 0 Å². The number of carbonyl (C=O) groups is 4. The van der Waals surface area contributed by atoms with Gasteiger partial charge in [-0.25, -0.2) is 18.2 Å². The van der Waals surface area contributed by atoms with E-state index in [0.29, 0.717) is 58.4 Å². The minimum Gasteiger partial charge on any atom is -0.352 e.